The Hall–Kier alpha value is -2.24. The van der Waals surface area contributed by atoms with Gasteiger partial charge >= 0.3 is 5.97 Å². The van der Waals surface area contributed by atoms with E-state index < -0.39 is 18.1 Å². The van der Waals surface area contributed by atoms with Gasteiger partial charge in [0.2, 0.25) is 6.23 Å². The minimum absolute atomic E-state index is 0.162. The van der Waals surface area contributed by atoms with Crippen LogP contribution in [-0.4, -0.2) is 29.0 Å². The third-order valence-electron chi connectivity index (χ3n) is 3.47. The molecule has 1 aliphatic rings. The Kier molecular flexibility index (Phi) is 4.92. The first-order chi connectivity index (χ1) is 11.6. The Bertz CT molecular complexity index is 781. The molecule has 7 heteroatoms. The maximum atomic E-state index is 12.6. The number of carbonyl (C=O) groups excluding carboxylic acids is 2. The van der Waals surface area contributed by atoms with Gasteiger partial charge in [-0.3, -0.25) is 4.79 Å². The summed E-state index contributed by atoms with van der Waals surface area (Å²) in [6.45, 7) is 0. The largest absolute Gasteiger partial charge is 0.466 e. The van der Waals surface area contributed by atoms with E-state index in [1.807, 2.05) is 0 Å². The van der Waals surface area contributed by atoms with Crippen molar-refractivity contribution in [3.8, 4) is 5.75 Å². The molecule has 0 fully saturated rings. The van der Waals surface area contributed by atoms with Crippen LogP contribution in [0.4, 0.5) is 0 Å². The molecule has 3 rings (SSSR count). The Morgan fingerprint density at radius 1 is 1.17 bits per heavy atom. The van der Waals surface area contributed by atoms with Gasteiger partial charge in [-0.2, -0.15) is 0 Å². The number of benzene rings is 2. The molecule has 0 aliphatic carbocycles. The van der Waals surface area contributed by atoms with Crippen molar-refractivity contribution in [1.82, 2.24) is 5.06 Å². The molecule has 5 nitrogen and oxygen atoms in total. The van der Waals surface area contributed by atoms with Gasteiger partial charge in [-0.25, -0.2) is 4.79 Å². The number of fused-ring (bicyclic) bond motifs is 1. The van der Waals surface area contributed by atoms with Crippen molar-refractivity contribution in [1.29, 1.82) is 0 Å². The number of para-hydroxylation sites is 1. The number of carbonyl (C=O) groups is 2. The molecule has 1 heterocycles. The van der Waals surface area contributed by atoms with E-state index in [2.05, 4.69) is 0 Å². The molecule has 0 saturated carbocycles. The fourth-order valence-electron chi connectivity index (χ4n) is 2.33. The van der Waals surface area contributed by atoms with Crippen molar-refractivity contribution < 1.29 is 19.2 Å². The smallest absolute Gasteiger partial charge is 0.364 e. The fourth-order valence-corrected chi connectivity index (χ4v) is 2.72. The summed E-state index contributed by atoms with van der Waals surface area (Å²) < 4.78 is 5.73. The minimum Gasteiger partial charge on any atom is -0.466 e. The normalized spacial score (nSPS) is 16.3. The quantitative estimate of drug-likeness (QED) is 0.771. The van der Waals surface area contributed by atoms with Crippen LogP contribution < -0.4 is 4.74 Å². The Morgan fingerprint density at radius 3 is 2.62 bits per heavy atom. The van der Waals surface area contributed by atoms with Crippen LogP contribution in [0.1, 0.15) is 27.1 Å². The predicted octanol–water partition coefficient (Wildman–Crippen LogP) is 3.90. The van der Waals surface area contributed by atoms with Gasteiger partial charge in [0.1, 0.15) is 5.75 Å². The van der Waals surface area contributed by atoms with E-state index >= 15 is 0 Å². The first-order valence-corrected chi connectivity index (χ1v) is 8.15. The average Bonchev–Trinajstić information content (AvgIpc) is 2.59. The second-order valence-corrected chi connectivity index (χ2v) is 5.82. The second kappa shape index (κ2) is 7.11. The van der Waals surface area contributed by atoms with Gasteiger partial charge in [0, 0.05) is 12.3 Å². The van der Waals surface area contributed by atoms with E-state index in [0.717, 1.165) is 5.06 Å². The molecule has 1 aliphatic heterocycles. The van der Waals surface area contributed by atoms with Crippen LogP contribution in [0, 0.1) is 0 Å². The molecular weight excluding hydrogens is 353 g/mol. The van der Waals surface area contributed by atoms with E-state index in [1.165, 1.54) is 6.07 Å². The van der Waals surface area contributed by atoms with E-state index in [0.29, 0.717) is 17.7 Å². The molecular formula is C17H13Cl2NO4. The second-order valence-electron chi connectivity index (χ2n) is 5.04. The van der Waals surface area contributed by atoms with Crippen LogP contribution in [0.2, 0.25) is 5.02 Å². The number of halogens is 2. The first-order valence-electron chi connectivity index (χ1n) is 7.24. The minimum atomic E-state index is -0.795. The van der Waals surface area contributed by atoms with Gasteiger partial charge < -0.3 is 9.57 Å². The molecule has 0 saturated heterocycles. The number of ether oxygens (including phenoxy) is 1. The van der Waals surface area contributed by atoms with Gasteiger partial charge in [0.15, 0.2) is 0 Å². The van der Waals surface area contributed by atoms with E-state index in [-0.39, 0.29) is 16.5 Å². The maximum absolute atomic E-state index is 12.6. The summed E-state index contributed by atoms with van der Waals surface area (Å²) in [4.78, 5) is 30.3. The molecule has 0 N–H and O–H groups in total. The van der Waals surface area contributed by atoms with E-state index in [4.69, 9.17) is 32.8 Å². The summed E-state index contributed by atoms with van der Waals surface area (Å²) in [7, 11) is 0. The third-order valence-corrected chi connectivity index (χ3v) is 4.02. The lowest BCUT2D eigenvalue weighted by molar-refractivity contribution is -0.160. The molecule has 0 spiro atoms. The molecule has 1 atom stereocenters. The standard InChI is InChI=1S/C17H13Cl2NO4/c18-10-9-15-20(16(21)12-6-2-4-8-14(12)23-15)24-17(22)11-5-1-3-7-13(11)19/h1-8,15H,9-10H2/t15-/m1/s1. The van der Waals surface area contributed by atoms with Gasteiger partial charge in [-0.1, -0.05) is 35.9 Å². The van der Waals surface area contributed by atoms with Crippen molar-refractivity contribution in [2.45, 2.75) is 12.6 Å². The summed E-state index contributed by atoms with van der Waals surface area (Å²) in [6.07, 6.45) is -0.492. The van der Waals surface area contributed by atoms with Crippen LogP contribution >= 0.6 is 23.2 Å². The molecule has 0 radical (unpaired) electrons. The zero-order valence-corrected chi connectivity index (χ0v) is 14.0. The van der Waals surface area contributed by atoms with E-state index in [1.54, 1.807) is 42.5 Å². The highest BCUT2D eigenvalue weighted by Gasteiger charge is 2.37. The summed E-state index contributed by atoms with van der Waals surface area (Å²) in [5.41, 5.74) is 0.478. The number of alkyl halides is 1. The number of hydroxylamine groups is 2. The lowest BCUT2D eigenvalue weighted by Gasteiger charge is -2.34. The highest BCUT2D eigenvalue weighted by atomic mass is 35.5. The summed E-state index contributed by atoms with van der Waals surface area (Å²) in [5, 5.41) is 1.15. The van der Waals surface area contributed by atoms with Crippen molar-refractivity contribution in [2.75, 3.05) is 5.88 Å². The molecule has 1 amide bonds. The zero-order chi connectivity index (χ0) is 17.1. The summed E-state index contributed by atoms with van der Waals surface area (Å²) in [6, 6.07) is 13.2. The van der Waals surface area contributed by atoms with Gasteiger partial charge in [0.25, 0.3) is 5.91 Å². The molecule has 124 valence electrons. The highest BCUT2D eigenvalue weighted by molar-refractivity contribution is 6.33. The molecule has 2 aromatic carbocycles. The highest BCUT2D eigenvalue weighted by Crippen LogP contribution is 2.30. The van der Waals surface area contributed by atoms with Crippen LogP contribution in [0.25, 0.3) is 0 Å². The Morgan fingerprint density at radius 2 is 1.88 bits per heavy atom. The van der Waals surface area contributed by atoms with Crippen LogP contribution in [0.3, 0.4) is 0 Å². The Balaban J connectivity index is 1.89. The van der Waals surface area contributed by atoms with Crippen molar-refractivity contribution in [3.63, 3.8) is 0 Å². The number of nitrogens with zero attached hydrogens (tertiary/aromatic N) is 1. The number of amides is 1. The lowest BCUT2D eigenvalue weighted by Crippen LogP contribution is -2.48. The predicted molar refractivity (Wildman–Crippen MR) is 89.2 cm³/mol. The first kappa shape index (κ1) is 16.6. The zero-order valence-electron chi connectivity index (χ0n) is 12.4. The van der Waals surface area contributed by atoms with Crippen molar-refractivity contribution in [3.05, 3.63) is 64.7 Å². The van der Waals surface area contributed by atoms with Crippen molar-refractivity contribution in [2.24, 2.45) is 0 Å². The maximum Gasteiger partial charge on any atom is 0.364 e. The molecule has 0 unspecified atom stereocenters. The third kappa shape index (κ3) is 3.18. The van der Waals surface area contributed by atoms with Crippen LogP contribution in [0.5, 0.6) is 5.75 Å². The summed E-state index contributed by atoms with van der Waals surface area (Å²) >= 11 is 11.8. The van der Waals surface area contributed by atoms with Gasteiger partial charge in [-0.15, -0.1) is 16.7 Å². The topological polar surface area (TPSA) is 55.8 Å². The summed E-state index contributed by atoms with van der Waals surface area (Å²) in [5.74, 6) is -0.535. The van der Waals surface area contributed by atoms with Crippen molar-refractivity contribution >= 4 is 35.1 Å². The lowest BCUT2D eigenvalue weighted by atomic mass is 10.1. The number of hydrogen-bond acceptors (Lipinski definition) is 4. The molecule has 0 aromatic heterocycles. The number of rotatable bonds is 4. The van der Waals surface area contributed by atoms with E-state index in [9.17, 15) is 9.59 Å². The SMILES string of the molecule is O=C(ON1C(=O)c2ccccc2O[C@@H]1CCCl)c1ccccc1Cl. The average molecular weight is 366 g/mol. The number of hydrogen-bond donors (Lipinski definition) is 0. The Labute approximate surface area is 148 Å². The fraction of sp³-hybridized carbons (Fsp3) is 0.176. The molecule has 2 aromatic rings. The van der Waals surface area contributed by atoms with Gasteiger partial charge in [0.05, 0.1) is 16.1 Å². The van der Waals surface area contributed by atoms with Crippen LogP contribution in [-0.2, 0) is 4.84 Å². The monoisotopic (exact) mass is 365 g/mol. The van der Waals surface area contributed by atoms with Crippen LogP contribution in [0.15, 0.2) is 48.5 Å². The van der Waals surface area contributed by atoms with Gasteiger partial charge in [-0.05, 0) is 24.3 Å². The molecule has 24 heavy (non-hydrogen) atoms. The molecule has 0 bridgehead atoms.